The minimum Gasteiger partial charge on any atom is -0.341 e. The van der Waals surface area contributed by atoms with Crippen molar-refractivity contribution in [2.45, 2.75) is 40.7 Å². The number of hydrogen-bond acceptors (Lipinski definition) is 3. The van der Waals surface area contributed by atoms with E-state index in [9.17, 15) is 4.79 Å². The van der Waals surface area contributed by atoms with E-state index in [1.165, 1.54) is 0 Å². The first-order valence-electron chi connectivity index (χ1n) is 7.80. The molecule has 0 saturated carbocycles. The molecule has 1 amide bonds. The van der Waals surface area contributed by atoms with Crippen LogP contribution >= 0.6 is 0 Å². The van der Waals surface area contributed by atoms with Crippen molar-refractivity contribution in [3.8, 4) is 0 Å². The van der Waals surface area contributed by atoms with Gasteiger partial charge in [0.1, 0.15) is 0 Å². The maximum absolute atomic E-state index is 11.9. The molecule has 0 aromatic heterocycles. The monoisotopic (exact) mass is 269 g/mol. The second kappa shape index (κ2) is 7.85. The van der Waals surface area contributed by atoms with Crippen molar-refractivity contribution < 1.29 is 4.79 Å². The van der Waals surface area contributed by atoms with Crippen molar-refractivity contribution in [1.29, 1.82) is 0 Å². The number of piperazine rings is 1. The summed E-state index contributed by atoms with van der Waals surface area (Å²) in [6, 6.07) is 0.629. The quantitative estimate of drug-likeness (QED) is 0.777. The highest BCUT2D eigenvalue weighted by atomic mass is 16.2. The van der Waals surface area contributed by atoms with Gasteiger partial charge in [0, 0.05) is 45.3 Å². The smallest absolute Gasteiger partial charge is 0.236 e. The molecular weight excluding hydrogens is 238 g/mol. The van der Waals surface area contributed by atoms with E-state index in [0.29, 0.717) is 24.4 Å². The summed E-state index contributed by atoms with van der Waals surface area (Å²) in [6.07, 6.45) is 0. The fourth-order valence-corrected chi connectivity index (χ4v) is 2.63. The largest absolute Gasteiger partial charge is 0.341 e. The summed E-state index contributed by atoms with van der Waals surface area (Å²) in [5.41, 5.74) is 0. The van der Waals surface area contributed by atoms with Crippen LogP contribution in [-0.4, -0.2) is 72.5 Å². The van der Waals surface area contributed by atoms with Crippen LogP contribution in [0.5, 0.6) is 0 Å². The zero-order chi connectivity index (χ0) is 14.4. The lowest BCUT2D eigenvalue weighted by atomic mass is 10.0. The molecule has 0 atom stereocenters. The molecule has 2 aliphatic heterocycles. The van der Waals surface area contributed by atoms with Gasteiger partial charge in [0.2, 0.25) is 5.91 Å². The minimum atomic E-state index is 0.320. The van der Waals surface area contributed by atoms with E-state index in [-0.39, 0.29) is 0 Å². The maximum atomic E-state index is 11.9. The summed E-state index contributed by atoms with van der Waals surface area (Å²) in [5, 5.41) is 0. The van der Waals surface area contributed by atoms with Gasteiger partial charge in [-0.1, -0.05) is 20.8 Å². The average Bonchev–Trinajstić information content (AvgIpc) is 2.38. The minimum absolute atomic E-state index is 0.320. The van der Waals surface area contributed by atoms with E-state index >= 15 is 0 Å². The summed E-state index contributed by atoms with van der Waals surface area (Å²) in [6.45, 7) is 17.5. The first-order valence-corrected chi connectivity index (χ1v) is 7.80. The molecule has 0 bridgehead atoms. The van der Waals surface area contributed by atoms with Crippen LogP contribution in [0.1, 0.15) is 34.6 Å². The van der Waals surface area contributed by atoms with Gasteiger partial charge in [0.15, 0.2) is 0 Å². The topological polar surface area (TPSA) is 26.8 Å². The number of rotatable bonds is 3. The highest BCUT2D eigenvalue weighted by molar-refractivity contribution is 5.79. The van der Waals surface area contributed by atoms with Gasteiger partial charge in [-0.25, -0.2) is 0 Å². The third kappa shape index (κ3) is 4.77. The van der Waals surface area contributed by atoms with Crippen molar-refractivity contribution in [3.63, 3.8) is 0 Å². The van der Waals surface area contributed by atoms with Crippen LogP contribution in [0.4, 0.5) is 0 Å². The Morgan fingerprint density at radius 2 is 1.63 bits per heavy atom. The van der Waals surface area contributed by atoms with E-state index in [1.54, 1.807) is 0 Å². The molecule has 0 N–H and O–H groups in total. The van der Waals surface area contributed by atoms with Gasteiger partial charge in [-0.05, 0) is 19.8 Å². The van der Waals surface area contributed by atoms with Crippen molar-refractivity contribution in [1.82, 2.24) is 14.7 Å². The summed E-state index contributed by atoms with van der Waals surface area (Å²) < 4.78 is 0. The van der Waals surface area contributed by atoms with Gasteiger partial charge in [-0.2, -0.15) is 0 Å². The Balaban J connectivity index is 0.000000861. The van der Waals surface area contributed by atoms with Gasteiger partial charge in [-0.15, -0.1) is 0 Å². The highest BCUT2D eigenvalue weighted by Crippen LogP contribution is 2.15. The summed E-state index contributed by atoms with van der Waals surface area (Å²) in [7, 11) is 0. The molecule has 2 aliphatic rings. The van der Waals surface area contributed by atoms with E-state index in [0.717, 1.165) is 39.3 Å². The van der Waals surface area contributed by atoms with Crippen LogP contribution in [0.15, 0.2) is 0 Å². The van der Waals surface area contributed by atoms with Crippen LogP contribution in [0.25, 0.3) is 0 Å². The maximum Gasteiger partial charge on any atom is 0.236 e. The SMILES string of the molecule is CC.CC1CN(C(=O)CN2CCN(C(C)C)CC2)C1. The highest BCUT2D eigenvalue weighted by Gasteiger charge is 2.29. The van der Waals surface area contributed by atoms with Crippen LogP contribution in [-0.2, 0) is 4.79 Å². The number of carbonyl (C=O) groups is 1. The molecule has 0 spiro atoms. The Hall–Kier alpha value is -0.610. The van der Waals surface area contributed by atoms with Crippen molar-refractivity contribution in [3.05, 3.63) is 0 Å². The van der Waals surface area contributed by atoms with Gasteiger partial charge in [-0.3, -0.25) is 14.6 Å². The van der Waals surface area contributed by atoms with E-state index in [4.69, 9.17) is 0 Å². The van der Waals surface area contributed by atoms with Crippen LogP contribution in [0.3, 0.4) is 0 Å². The van der Waals surface area contributed by atoms with Gasteiger partial charge in [0.05, 0.1) is 6.54 Å². The Bertz CT molecular complexity index is 267. The summed E-state index contributed by atoms with van der Waals surface area (Å²) >= 11 is 0. The zero-order valence-corrected chi connectivity index (χ0v) is 13.4. The summed E-state index contributed by atoms with van der Waals surface area (Å²) in [4.78, 5) is 18.7. The predicted molar refractivity (Wildman–Crippen MR) is 80.2 cm³/mol. The standard InChI is InChI=1S/C13H25N3O.C2H6/c1-11(2)15-6-4-14(5-7-15)10-13(17)16-8-12(3)9-16;1-2/h11-12H,4-10H2,1-3H3;1-2H3. The fraction of sp³-hybridized carbons (Fsp3) is 0.933. The first kappa shape index (κ1) is 16.4. The van der Waals surface area contributed by atoms with Gasteiger partial charge >= 0.3 is 0 Å². The molecule has 4 nitrogen and oxygen atoms in total. The number of nitrogens with zero attached hydrogens (tertiary/aromatic N) is 3. The molecule has 2 rings (SSSR count). The Labute approximate surface area is 118 Å². The average molecular weight is 269 g/mol. The molecule has 2 fully saturated rings. The number of carbonyl (C=O) groups excluding carboxylic acids is 1. The van der Waals surface area contributed by atoms with E-state index in [1.807, 2.05) is 18.7 Å². The second-order valence-corrected chi connectivity index (χ2v) is 5.81. The fourth-order valence-electron chi connectivity index (χ4n) is 2.63. The molecule has 0 aliphatic carbocycles. The molecule has 4 heteroatoms. The zero-order valence-electron chi connectivity index (χ0n) is 13.4. The predicted octanol–water partition coefficient (Wildman–Crippen LogP) is 1.52. The summed E-state index contributed by atoms with van der Waals surface area (Å²) in [5.74, 6) is 1.03. The molecule has 19 heavy (non-hydrogen) atoms. The molecular formula is C15H31N3O. The van der Waals surface area contributed by atoms with Gasteiger partial charge in [0.25, 0.3) is 0 Å². The first-order chi connectivity index (χ1) is 9.06. The molecule has 0 unspecified atom stereocenters. The molecule has 0 aromatic rings. The second-order valence-electron chi connectivity index (χ2n) is 5.81. The van der Waals surface area contributed by atoms with Crippen molar-refractivity contribution in [2.24, 2.45) is 5.92 Å². The molecule has 2 saturated heterocycles. The van der Waals surface area contributed by atoms with E-state index in [2.05, 4.69) is 30.6 Å². The Morgan fingerprint density at radius 3 is 2.05 bits per heavy atom. The lowest BCUT2D eigenvalue weighted by Crippen LogP contribution is -2.55. The molecule has 0 radical (unpaired) electrons. The van der Waals surface area contributed by atoms with Crippen LogP contribution in [0.2, 0.25) is 0 Å². The number of hydrogen-bond donors (Lipinski definition) is 0. The number of amides is 1. The molecule has 2 heterocycles. The van der Waals surface area contributed by atoms with Gasteiger partial charge < -0.3 is 4.90 Å². The Kier molecular flexibility index (Phi) is 6.80. The third-order valence-corrected chi connectivity index (χ3v) is 3.91. The van der Waals surface area contributed by atoms with Crippen LogP contribution < -0.4 is 0 Å². The molecule has 112 valence electrons. The normalized spacial score (nSPS) is 21.9. The lowest BCUT2D eigenvalue weighted by Gasteiger charge is -2.40. The lowest BCUT2D eigenvalue weighted by molar-refractivity contribution is -0.138. The van der Waals surface area contributed by atoms with Crippen molar-refractivity contribution in [2.75, 3.05) is 45.8 Å². The number of likely N-dealkylation sites (tertiary alicyclic amines) is 1. The third-order valence-electron chi connectivity index (χ3n) is 3.91. The Morgan fingerprint density at radius 1 is 1.11 bits per heavy atom. The van der Waals surface area contributed by atoms with Crippen LogP contribution in [0, 0.1) is 5.92 Å². The van der Waals surface area contributed by atoms with Crippen molar-refractivity contribution >= 4 is 5.91 Å². The molecule has 0 aromatic carbocycles. The van der Waals surface area contributed by atoms with E-state index < -0.39 is 0 Å².